The van der Waals surface area contributed by atoms with Crippen molar-refractivity contribution in [3.05, 3.63) is 102 Å². The molecular weight excluding hydrogens is 369 g/mol. The minimum atomic E-state index is -1.09. The molecule has 0 saturated carbocycles. The molecule has 5 heteroatoms. The number of halogens is 1. The molecule has 0 unspecified atom stereocenters. The molecule has 0 spiro atoms. The number of benzene rings is 4. The average Bonchev–Trinajstić information content (AvgIpc) is 2.74. The van der Waals surface area contributed by atoms with Gasteiger partial charge in [-0.05, 0) is 40.6 Å². The van der Waals surface area contributed by atoms with Crippen LogP contribution in [0, 0.1) is 5.82 Å². The van der Waals surface area contributed by atoms with Gasteiger partial charge in [-0.3, -0.25) is 0 Å². The number of carbonyl (C=O) groups is 1. The van der Waals surface area contributed by atoms with Crippen molar-refractivity contribution in [3.8, 4) is 5.75 Å². The highest BCUT2D eigenvalue weighted by atomic mass is 19.1. The molecule has 4 rings (SSSR count). The van der Waals surface area contributed by atoms with Gasteiger partial charge in [0.1, 0.15) is 23.7 Å². The quantitative estimate of drug-likeness (QED) is 0.426. The Morgan fingerprint density at radius 2 is 1.69 bits per heavy atom. The minimum absolute atomic E-state index is 0.0457. The molecule has 2 N–H and O–H groups in total. The molecule has 29 heavy (non-hydrogen) atoms. The summed E-state index contributed by atoms with van der Waals surface area (Å²) in [5.41, 5.74) is 1.83. The molecule has 0 bridgehead atoms. The standard InChI is InChI=1S/C24H18FNO3/c25-21-10-3-4-11-22(21)26-18-12-13-20(24(27)28)23(14-18)29-15-17-8-5-7-16-6-1-2-9-19(16)17/h1-14,26H,15H2,(H,27,28). The number of hydrogen-bond donors (Lipinski definition) is 2. The number of carboxylic acids is 1. The van der Waals surface area contributed by atoms with Crippen molar-refractivity contribution in [2.24, 2.45) is 0 Å². The van der Waals surface area contributed by atoms with Crippen molar-refractivity contribution in [2.45, 2.75) is 6.61 Å². The van der Waals surface area contributed by atoms with Crippen molar-refractivity contribution in [2.75, 3.05) is 5.32 Å². The summed E-state index contributed by atoms with van der Waals surface area (Å²) in [7, 11) is 0. The number of anilines is 2. The van der Waals surface area contributed by atoms with Crippen LogP contribution in [0.25, 0.3) is 10.8 Å². The number of rotatable bonds is 6. The van der Waals surface area contributed by atoms with Crippen LogP contribution in [0.2, 0.25) is 0 Å². The summed E-state index contributed by atoms with van der Waals surface area (Å²) in [6, 6.07) is 24.7. The molecule has 4 aromatic rings. The molecule has 0 atom stereocenters. The Labute approximate surface area is 167 Å². The Morgan fingerprint density at radius 1 is 0.931 bits per heavy atom. The lowest BCUT2D eigenvalue weighted by Crippen LogP contribution is -2.05. The van der Waals surface area contributed by atoms with Gasteiger partial charge in [-0.25, -0.2) is 9.18 Å². The first kappa shape index (κ1) is 18.5. The predicted molar refractivity (Wildman–Crippen MR) is 111 cm³/mol. The Hall–Kier alpha value is -3.86. The number of ether oxygens (including phenoxy) is 1. The van der Waals surface area contributed by atoms with Crippen molar-refractivity contribution >= 4 is 28.1 Å². The number of fused-ring (bicyclic) bond motifs is 1. The van der Waals surface area contributed by atoms with Gasteiger partial charge < -0.3 is 15.2 Å². The lowest BCUT2D eigenvalue weighted by molar-refractivity contribution is 0.0692. The van der Waals surface area contributed by atoms with E-state index in [1.165, 1.54) is 12.1 Å². The van der Waals surface area contributed by atoms with E-state index in [1.807, 2.05) is 42.5 Å². The molecular formula is C24H18FNO3. The van der Waals surface area contributed by atoms with E-state index in [0.29, 0.717) is 11.4 Å². The Balaban J connectivity index is 1.63. The van der Waals surface area contributed by atoms with Crippen LogP contribution in [0.5, 0.6) is 5.75 Å². The van der Waals surface area contributed by atoms with E-state index < -0.39 is 11.8 Å². The number of para-hydroxylation sites is 1. The molecule has 0 radical (unpaired) electrons. The van der Waals surface area contributed by atoms with Gasteiger partial charge in [0.15, 0.2) is 0 Å². The third-order valence-electron chi connectivity index (χ3n) is 4.63. The van der Waals surface area contributed by atoms with E-state index in [4.69, 9.17) is 4.74 Å². The van der Waals surface area contributed by atoms with Gasteiger partial charge in [0, 0.05) is 11.8 Å². The molecule has 0 aliphatic carbocycles. The van der Waals surface area contributed by atoms with E-state index in [9.17, 15) is 14.3 Å². The Bertz CT molecular complexity index is 1180. The first-order valence-corrected chi connectivity index (χ1v) is 9.10. The van der Waals surface area contributed by atoms with E-state index in [0.717, 1.165) is 16.3 Å². The maximum Gasteiger partial charge on any atom is 0.339 e. The summed E-state index contributed by atoms with van der Waals surface area (Å²) in [6.07, 6.45) is 0. The lowest BCUT2D eigenvalue weighted by Gasteiger charge is -2.14. The minimum Gasteiger partial charge on any atom is -0.488 e. The second-order valence-electron chi connectivity index (χ2n) is 6.55. The molecule has 0 heterocycles. The van der Waals surface area contributed by atoms with Crippen LogP contribution in [0.3, 0.4) is 0 Å². The largest absolute Gasteiger partial charge is 0.488 e. The van der Waals surface area contributed by atoms with E-state index in [1.54, 1.807) is 30.3 Å². The average molecular weight is 387 g/mol. The second kappa shape index (κ2) is 8.02. The van der Waals surface area contributed by atoms with E-state index in [-0.39, 0.29) is 17.9 Å². The van der Waals surface area contributed by atoms with Crippen LogP contribution in [0.4, 0.5) is 15.8 Å². The van der Waals surface area contributed by atoms with Crippen LogP contribution in [0.15, 0.2) is 84.9 Å². The molecule has 0 aliphatic heterocycles. The zero-order valence-electron chi connectivity index (χ0n) is 15.4. The fourth-order valence-corrected chi connectivity index (χ4v) is 3.19. The van der Waals surface area contributed by atoms with Crippen LogP contribution < -0.4 is 10.1 Å². The maximum absolute atomic E-state index is 13.9. The van der Waals surface area contributed by atoms with Gasteiger partial charge in [-0.1, -0.05) is 54.6 Å². The van der Waals surface area contributed by atoms with E-state index >= 15 is 0 Å². The highest BCUT2D eigenvalue weighted by Gasteiger charge is 2.14. The van der Waals surface area contributed by atoms with Gasteiger partial charge in [-0.2, -0.15) is 0 Å². The summed E-state index contributed by atoms with van der Waals surface area (Å²) < 4.78 is 19.8. The van der Waals surface area contributed by atoms with Crippen LogP contribution in [0.1, 0.15) is 15.9 Å². The Morgan fingerprint density at radius 3 is 2.52 bits per heavy atom. The van der Waals surface area contributed by atoms with Gasteiger partial charge in [0.25, 0.3) is 0 Å². The summed E-state index contributed by atoms with van der Waals surface area (Å²) in [5, 5.41) is 14.6. The lowest BCUT2D eigenvalue weighted by atomic mass is 10.1. The zero-order chi connectivity index (χ0) is 20.2. The predicted octanol–water partition coefficient (Wildman–Crippen LogP) is 6.00. The van der Waals surface area contributed by atoms with Crippen LogP contribution >= 0.6 is 0 Å². The monoisotopic (exact) mass is 387 g/mol. The topological polar surface area (TPSA) is 58.6 Å². The maximum atomic E-state index is 13.9. The molecule has 0 amide bonds. The molecule has 0 aromatic heterocycles. The summed E-state index contributed by atoms with van der Waals surface area (Å²) in [5.74, 6) is -1.27. The fraction of sp³-hybridized carbons (Fsp3) is 0.0417. The van der Waals surface area contributed by atoms with Gasteiger partial charge in [0.2, 0.25) is 0 Å². The molecule has 4 aromatic carbocycles. The number of nitrogens with one attached hydrogen (secondary N) is 1. The van der Waals surface area contributed by atoms with Crippen molar-refractivity contribution < 1.29 is 19.0 Å². The third-order valence-corrected chi connectivity index (χ3v) is 4.63. The highest BCUT2D eigenvalue weighted by Crippen LogP contribution is 2.28. The summed E-state index contributed by atoms with van der Waals surface area (Å²) in [6.45, 7) is 0.213. The number of hydrogen-bond acceptors (Lipinski definition) is 3. The smallest absolute Gasteiger partial charge is 0.339 e. The van der Waals surface area contributed by atoms with Crippen molar-refractivity contribution in [1.82, 2.24) is 0 Å². The first-order chi connectivity index (χ1) is 14.1. The molecule has 0 saturated heterocycles. The van der Waals surface area contributed by atoms with Crippen molar-refractivity contribution in [3.63, 3.8) is 0 Å². The summed E-state index contributed by atoms with van der Waals surface area (Å²) in [4.78, 5) is 11.6. The SMILES string of the molecule is O=C(O)c1ccc(Nc2ccccc2F)cc1OCc1cccc2ccccc12. The third kappa shape index (κ3) is 4.04. The number of aromatic carboxylic acids is 1. The molecule has 0 aliphatic rings. The van der Waals surface area contributed by atoms with E-state index in [2.05, 4.69) is 5.32 Å². The molecule has 0 fully saturated rings. The highest BCUT2D eigenvalue weighted by molar-refractivity contribution is 5.92. The number of carboxylic acid groups (broad SMARTS) is 1. The van der Waals surface area contributed by atoms with Crippen molar-refractivity contribution in [1.29, 1.82) is 0 Å². The molecule has 4 nitrogen and oxygen atoms in total. The second-order valence-corrected chi connectivity index (χ2v) is 6.55. The van der Waals surface area contributed by atoms with Gasteiger partial charge in [0.05, 0.1) is 5.69 Å². The summed E-state index contributed by atoms with van der Waals surface area (Å²) >= 11 is 0. The zero-order valence-corrected chi connectivity index (χ0v) is 15.4. The van der Waals surface area contributed by atoms with Gasteiger partial charge >= 0.3 is 5.97 Å². The normalized spacial score (nSPS) is 10.7. The first-order valence-electron chi connectivity index (χ1n) is 9.10. The van der Waals surface area contributed by atoms with Crippen LogP contribution in [-0.4, -0.2) is 11.1 Å². The molecule has 144 valence electrons. The fourth-order valence-electron chi connectivity index (χ4n) is 3.19. The van der Waals surface area contributed by atoms with Gasteiger partial charge in [-0.15, -0.1) is 0 Å². The van der Waals surface area contributed by atoms with Crippen LogP contribution in [-0.2, 0) is 6.61 Å². The Kier molecular flexibility index (Phi) is 5.12.